The lowest BCUT2D eigenvalue weighted by Gasteiger charge is -2.28. The molecule has 4 heteroatoms. The second kappa shape index (κ2) is 5.64. The van der Waals surface area contributed by atoms with E-state index in [2.05, 4.69) is 23.9 Å². The van der Waals surface area contributed by atoms with Gasteiger partial charge in [0.1, 0.15) is 5.75 Å². The Kier molecular flexibility index (Phi) is 3.69. The summed E-state index contributed by atoms with van der Waals surface area (Å²) in [5, 5.41) is 0. The summed E-state index contributed by atoms with van der Waals surface area (Å²) >= 11 is 0. The molecule has 1 amide bonds. The molecule has 0 spiro atoms. The normalized spacial score (nSPS) is 13.9. The maximum Gasteiger partial charge on any atom is 0.227 e. The van der Waals surface area contributed by atoms with Gasteiger partial charge in [-0.3, -0.25) is 4.79 Å². The van der Waals surface area contributed by atoms with Gasteiger partial charge in [0.05, 0.1) is 13.5 Å². The average molecular weight is 284 g/mol. The number of aromatic nitrogens is 1. The molecule has 1 aromatic carbocycles. The molecule has 0 N–H and O–H groups in total. The van der Waals surface area contributed by atoms with E-state index in [0.29, 0.717) is 13.0 Å². The summed E-state index contributed by atoms with van der Waals surface area (Å²) in [5.74, 6) is 0.942. The number of carbonyl (C=O) groups is 1. The lowest BCUT2D eigenvalue weighted by molar-refractivity contribution is -0.131. The van der Waals surface area contributed by atoms with Crippen LogP contribution in [0.5, 0.6) is 5.75 Å². The molecule has 110 valence electrons. The van der Waals surface area contributed by atoms with Gasteiger partial charge in [0.15, 0.2) is 0 Å². The highest BCUT2D eigenvalue weighted by Gasteiger charge is 2.23. The van der Waals surface area contributed by atoms with Gasteiger partial charge in [0, 0.05) is 44.0 Å². The fourth-order valence-corrected chi connectivity index (χ4v) is 2.96. The first-order chi connectivity index (χ1) is 10.2. The maximum atomic E-state index is 12.5. The third kappa shape index (κ3) is 2.66. The number of ether oxygens (including phenoxy) is 1. The second-order valence-electron chi connectivity index (χ2n) is 5.45. The summed E-state index contributed by atoms with van der Waals surface area (Å²) in [7, 11) is 3.70. The van der Waals surface area contributed by atoms with E-state index < -0.39 is 0 Å². The Hall–Kier alpha value is -2.23. The Morgan fingerprint density at radius 1 is 1.29 bits per heavy atom. The van der Waals surface area contributed by atoms with Gasteiger partial charge in [-0.25, -0.2) is 0 Å². The van der Waals surface area contributed by atoms with Gasteiger partial charge in [-0.1, -0.05) is 18.2 Å². The molecule has 0 unspecified atom stereocenters. The van der Waals surface area contributed by atoms with E-state index in [4.69, 9.17) is 4.74 Å². The Labute approximate surface area is 124 Å². The van der Waals surface area contributed by atoms with Crippen molar-refractivity contribution in [2.24, 2.45) is 7.05 Å². The number of carbonyl (C=O) groups excluding carboxylic acids is 1. The van der Waals surface area contributed by atoms with E-state index in [-0.39, 0.29) is 5.91 Å². The molecular weight excluding hydrogens is 264 g/mol. The molecule has 21 heavy (non-hydrogen) atoms. The zero-order valence-corrected chi connectivity index (χ0v) is 12.5. The molecule has 0 saturated heterocycles. The molecule has 0 bridgehead atoms. The molecule has 0 atom stereocenters. The van der Waals surface area contributed by atoms with Crippen LogP contribution in [-0.4, -0.2) is 29.0 Å². The van der Waals surface area contributed by atoms with E-state index in [1.54, 1.807) is 7.11 Å². The number of rotatable bonds is 3. The number of benzene rings is 1. The number of methoxy groups -OCH3 is 1. The Morgan fingerprint density at radius 3 is 2.90 bits per heavy atom. The number of nitrogens with zero attached hydrogens (tertiary/aromatic N) is 2. The number of amides is 1. The lowest BCUT2D eigenvalue weighted by atomic mass is 10.1. The highest BCUT2D eigenvalue weighted by Crippen LogP contribution is 2.22. The van der Waals surface area contributed by atoms with Crippen LogP contribution >= 0.6 is 0 Å². The fourth-order valence-electron chi connectivity index (χ4n) is 2.96. The Balaban J connectivity index is 1.72. The first-order valence-electron chi connectivity index (χ1n) is 7.22. The summed E-state index contributed by atoms with van der Waals surface area (Å²) in [5.41, 5.74) is 3.55. The number of fused-ring (bicyclic) bond motifs is 1. The SMILES string of the molecule is COc1ccccc1CC(=O)N1CCc2c(ccn2C)C1. The van der Waals surface area contributed by atoms with Crippen LogP contribution < -0.4 is 4.74 Å². The van der Waals surface area contributed by atoms with Gasteiger partial charge in [0.25, 0.3) is 0 Å². The predicted molar refractivity (Wildman–Crippen MR) is 81.2 cm³/mol. The first kappa shape index (κ1) is 13.7. The van der Waals surface area contributed by atoms with Crippen LogP contribution in [0, 0.1) is 0 Å². The number of hydrogen-bond acceptors (Lipinski definition) is 2. The topological polar surface area (TPSA) is 34.5 Å². The molecular formula is C17H20N2O2. The predicted octanol–water partition coefficient (Wildman–Crippen LogP) is 2.16. The van der Waals surface area contributed by atoms with E-state index in [0.717, 1.165) is 24.3 Å². The van der Waals surface area contributed by atoms with Crippen LogP contribution in [0.2, 0.25) is 0 Å². The highest BCUT2D eigenvalue weighted by molar-refractivity contribution is 5.79. The molecule has 4 nitrogen and oxygen atoms in total. The lowest BCUT2D eigenvalue weighted by Crippen LogP contribution is -2.37. The van der Waals surface area contributed by atoms with Crippen molar-refractivity contribution >= 4 is 5.91 Å². The molecule has 0 radical (unpaired) electrons. The largest absolute Gasteiger partial charge is 0.496 e. The second-order valence-corrected chi connectivity index (χ2v) is 5.45. The molecule has 0 aliphatic carbocycles. The maximum absolute atomic E-state index is 12.5. The molecule has 1 aromatic heterocycles. The average Bonchev–Trinajstić information content (AvgIpc) is 2.88. The summed E-state index contributed by atoms with van der Waals surface area (Å²) < 4.78 is 7.47. The summed E-state index contributed by atoms with van der Waals surface area (Å²) in [6.45, 7) is 1.50. The van der Waals surface area contributed by atoms with Gasteiger partial charge >= 0.3 is 0 Å². The molecule has 1 aliphatic heterocycles. The van der Waals surface area contributed by atoms with Crippen molar-refractivity contribution in [3.8, 4) is 5.75 Å². The van der Waals surface area contributed by atoms with Crippen molar-refractivity contribution in [1.82, 2.24) is 9.47 Å². The molecule has 2 heterocycles. The zero-order chi connectivity index (χ0) is 14.8. The van der Waals surface area contributed by atoms with Gasteiger partial charge in [-0.15, -0.1) is 0 Å². The monoisotopic (exact) mass is 284 g/mol. The van der Waals surface area contributed by atoms with E-state index >= 15 is 0 Å². The molecule has 1 aliphatic rings. The number of aryl methyl sites for hydroxylation is 1. The molecule has 2 aromatic rings. The van der Waals surface area contributed by atoms with Crippen molar-refractivity contribution in [1.29, 1.82) is 0 Å². The standard InChI is InChI=1S/C17H20N2O2/c1-18-9-7-14-12-19(10-8-15(14)18)17(20)11-13-5-3-4-6-16(13)21-2/h3-7,9H,8,10-12H2,1-2H3. The van der Waals surface area contributed by atoms with E-state index in [1.807, 2.05) is 29.2 Å². The molecule has 0 saturated carbocycles. The zero-order valence-electron chi connectivity index (χ0n) is 12.5. The summed E-state index contributed by atoms with van der Waals surface area (Å²) in [6.07, 6.45) is 3.39. The number of hydrogen-bond donors (Lipinski definition) is 0. The van der Waals surface area contributed by atoms with Crippen LogP contribution in [0.25, 0.3) is 0 Å². The molecule has 3 rings (SSSR count). The minimum Gasteiger partial charge on any atom is -0.496 e. The summed E-state index contributed by atoms with van der Waals surface area (Å²) in [4.78, 5) is 14.5. The quantitative estimate of drug-likeness (QED) is 0.865. The summed E-state index contributed by atoms with van der Waals surface area (Å²) in [6, 6.07) is 9.82. The third-order valence-electron chi connectivity index (χ3n) is 4.16. The van der Waals surface area contributed by atoms with Crippen LogP contribution in [-0.2, 0) is 31.2 Å². The van der Waals surface area contributed by atoms with Gasteiger partial charge < -0.3 is 14.2 Å². The molecule has 0 fully saturated rings. The smallest absolute Gasteiger partial charge is 0.227 e. The van der Waals surface area contributed by atoms with Crippen molar-refractivity contribution in [3.63, 3.8) is 0 Å². The van der Waals surface area contributed by atoms with Crippen LogP contribution in [0.1, 0.15) is 16.8 Å². The number of para-hydroxylation sites is 1. The van der Waals surface area contributed by atoms with Gasteiger partial charge in [0.2, 0.25) is 5.91 Å². The van der Waals surface area contributed by atoms with Gasteiger partial charge in [-0.2, -0.15) is 0 Å². The van der Waals surface area contributed by atoms with Crippen molar-refractivity contribution < 1.29 is 9.53 Å². The van der Waals surface area contributed by atoms with E-state index in [9.17, 15) is 4.79 Å². The van der Waals surface area contributed by atoms with Crippen LogP contribution in [0.15, 0.2) is 36.5 Å². The van der Waals surface area contributed by atoms with Crippen molar-refractivity contribution in [3.05, 3.63) is 53.3 Å². The Bertz CT molecular complexity index is 661. The minimum atomic E-state index is 0.161. The Morgan fingerprint density at radius 2 is 2.10 bits per heavy atom. The van der Waals surface area contributed by atoms with Crippen LogP contribution in [0.4, 0.5) is 0 Å². The van der Waals surface area contributed by atoms with Crippen molar-refractivity contribution in [2.45, 2.75) is 19.4 Å². The third-order valence-corrected chi connectivity index (χ3v) is 4.16. The minimum absolute atomic E-state index is 0.161. The first-order valence-corrected chi connectivity index (χ1v) is 7.22. The van der Waals surface area contributed by atoms with E-state index in [1.165, 1.54) is 11.3 Å². The van der Waals surface area contributed by atoms with Crippen LogP contribution in [0.3, 0.4) is 0 Å². The van der Waals surface area contributed by atoms with Gasteiger partial charge in [-0.05, 0) is 17.7 Å². The van der Waals surface area contributed by atoms with Crippen molar-refractivity contribution in [2.75, 3.05) is 13.7 Å². The fraction of sp³-hybridized carbons (Fsp3) is 0.353. The highest BCUT2D eigenvalue weighted by atomic mass is 16.5.